The fourth-order valence-electron chi connectivity index (χ4n) is 3.72. The molecule has 1 aromatic carbocycles. The van der Waals surface area contributed by atoms with E-state index in [0.717, 1.165) is 45.1 Å². The second kappa shape index (κ2) is 6.19. The molecule has 0 bridgehead atoms. The minimum atomic E-state index is -0.489. The molecule has 1 heterocycles. The van der Waals surface area contributed by atoms with Gasteiger partial charge >= 0.3 is 0 Å². The van der Waals surface area contributed by atoms with Crippen LogP contribution in [0.1, 0.15) is 37.3 Å². The van der Waals surface area contributed by atoms with Crippen molar-refractivity contribution in [2.45, 2.75) is 31.7 Å². The molecule has 1 aliphatic heterocycles. The summed E-state index contributed by atoms with van der Waals surface area (Å²) in [5.41, 5.74) is 0.681. The summed E-state index contributed by atoms with van der Waals surface area (Å²) in [4.78, 5) is 2.38. The molecule has 3 rings (SSSR count). The van der Waals surface area contributed by atoms with Crippen LogP contribution < -0.4 is 5.32 Å². The van der Waals surface area contributed by atoms with Crippen molar-refractivity contribution in [1.82, 2.24) is 10.2 Å². The van der Waals surface area contributed by atoms with E-state index in [2.05, 4.69) is 10.2 Å². The number of nitrogens with zero attached hydrogens (tertiary/aromatic N) is 1. The lowest BCUT2D eigenvalue weighted by Gasteiger charge is -2.38. The van der Waals surface area contributed by atoms with Crippen LogP contribution in [0.15, 0.2) is 18.2 Å². The molecule has 1 saturated heterocycles. The van der Waals surface area contributed by atoms with Crippen molar-refractivity contribution < 1.29 is 8.78 Å². The molecule has 1 aromatic rings. The van der Waals surface area contributed by atoms with Crippen LogP contribution in [0, 0.1) is 17.6 Å². The average Bonchev–Trinajstić information content (AvgIpc) is 2.97. The van der Waals surface area contributed by atoms with Crippen molar-refractivity contribution in [3.63, 3.8) is 0 Å². The van der Waals surface area contributed by atoms with Crippen LogP contribution in [0.5, 0.6) is 0 Å². The minimum Gasteiger partial charge on any atom is -0.314 e. The van der Waals surface area contributed by atoms with Crippen molar-refractivity contribution in [1.29, 1.82) is 0 Å². The van der Waals surface area contributed by atoms with Crippen LogP contribution in [-0.4, -0.2) is 31.1 Å². The first-order valence-corrected chi connectivity index (χ1v) is 7.65. The number of piperazine rings is 1. The predicted molar refractivity (Wildman–Crippen MR) is 75.5 cm³/mol. The Morgan fingerprint density at radius 2 is 1.80 bits per heavy atom. The number of rotatable bonds is 3. The van der Waals surface area contributed by atoms with Crippen LogP contribution in [-0.2, 0) is 0 Å². The number of hydrogen-bond acceptors (Lipinski definition) is 2. The highest BCUT2D eigenvalue weighted by molar-refractivity contribution is 5.23. The molecule has 110 valence electrons. The molecule has 1 aliphatic carbocycles. The van der Waals surface area contributed by atoms with E-state index >= 15 is 0 Å². The minimum absolute atomic E-state index is 0.111. The highest BCUT2D eigenvalue weighted by Gasteiger charge is 2.33. The van der Waals surface area contributed by atoms with Crippen LogP contribution in [0.25, 0.3) is 0 Å². The molecule has 2 aliphatic rings. The summed E-state index contributed by atoms with van der Waals surface area (Å²) in [5.74, 6) is -0.370. The van der Waals surface area contributed by atoms with Gasteiger partial charge in [-0.3, -0.25) is 4.90 Å². The van der Waals surface area contributed by atoms with Gasteiger partial charge in [0.25, 0.3) is 0 Å². The predicted octanol–water partition coefficient (Wildman–Crippen LogP) is 3.10. The third-order valence-electron chi connectivity index (χ3n) is 4.67. The molecule has 1 N–H and O–H groups in total. The Kier molecular flexibility index (Phi) is 4.32. The van der Waals surface area contributed by atoms with Gasteiger partial charge in [-0.1, -0.05) is 18.9 Å². The molecule has 0 spiro atoms. The largest absolute Gasteiger partial charge is 0.314 e. The topological polar surface area (TPSA) is 15.3 Å². The summed E-state index contributed by atoms with van der Waals surface area (Å²) < 4.78 is 27.4. The maximum absolute atomic E-state index is 14.2. The molecule has 1 atom stereocenters. The van der Waals surface area contributed by atoms with Gasteiger partial charge in [0.05, 0.1) is 0 Å². The van der Waals surface area contributed by atoms with Crippen LogP contribution in [0.4, 0.5) is 8.78 Å². The van der Waals surface area contributed by atoms with E-state index in [1.54, 1.807) is 6.07 Å². The van der Waals surface area contributed by atoms with Crippen molar-refractivity contribution in [3.05, 3.63) is 35.4 Å². The molecule has 2 fully saturated rings. The zero-order chi connectivity index (χ0) is 13.9. The Labute approximate surface area is 119 Å². The zero-order valence-corrected chi connectivity index (χ0v) is 11.7. The summed E-state index contributed by atoms with van der Waals surface area (Å²) in [7, 11) is 0. The lowest BCUT2D eigenvalue weighted by Crippen LogP contribution is -2.46. The molecule has 0 unspecified atom stereocenters. The van der Waals surface area contributed by atoms with Gasteiger partial charge in [-0.05, 0) is 24.8 Å². The lowest BCUT2D eigenvalue weighted by molar-refractivity contribution is 0.122. The van der Waals surface area contributed by atoms with Crippen molar-refractivity contribution >= 4 is 0 Å². The number of nitrogens with one attached hydrogen (secondary N) is 1. The van der Waals surface area contributed by atoms with Crippen molar-refractivity contribution in [3.8, 4) is 0 Å². The van der Waals surface area contributed by atoms with E-state index < -0.39 is 5.82 Å². The van der Waals surface area contributed by atoms with Gasteiger partial charge in [0.2, 0.25) is 0 Å². The van der Waals surface area contributed by atoms with Crippen LogP contribution in [0.2, 0.25) is 0 Å². The monoisotopic (exact) mass is 280 g/mol. The number of halogens is 2. The number of hydrogen-bond donors (Lipinski definition) is 1. The van der Waals surface area contributed by atoms with Gasteiger partial charge in [-0.2, -0.15) is 0 Å². The fraction of sp³-hybridized carbons (Fsp3) is 0.625. The van der Waals surface area contributed by atoms with Crippen LogP contribution >= 0.6 is 0 Å². The third kappa shape index (κ3) is 2.86. The first-order valence-electron chi connectivity index (χ1n) is 7.65. The van der Waals surface area contributed by atoms with E-state index in [-0.39, 0.29) is 11.9 Å². The second-order valence-corrected chi connectivity index (χ2v) is 5.94. The number of benzene rings is 1. The first-order chi connectivity index (χ1) is 9.75. The molecule has 0 radical (unpaired) electrons. The van der Waals surface area contributed by atoms with Gasteiger partial charge in [-0.25, -0.2) is 8.78 Å². The summed E-state index contributed by atoms with van der Waals surface area (Å²) in [6, 6.07) is 4.18. The fourth-order valence-corrected chi connectivity index (χ4v) is 3.72. The second-order valence-electron chi connectivity index (χ2n) is 5.94. The molecule has 20 heavy (non-hydrogen) atoms. The van der Waals surface area contributed by atoms with E-state index in [9.17, 15) is 8.78 Å². The molecule has 0 amide bonds. The van der Waals surface area contributed by atoms with Gasteiger partial charge < -0.3 is 5.32 Å². The van der Waals surface area contributed by atoms with E-state index in [1.165, 1.54) is 18.9 Å². The summed E-state index contributed by atoms with van der Waals surface area (Å²) in [6.45, 7) is 3.79. The van der Waals surface area contributed by atoms with Gasteiger partial charge in [0.1, 0.15) is 11.6 Å². The molecule has 2 nitrogen and oxygen atoms in total. The normalized spacial score (nSPS) is 23.1. The quantitative estimate of drug-likeness (QED) is 0.915. The Morgan fingerprint density at radius 1 is 1.10 bits per heavy atom. The standard InChI is InChI=1S/C16H22F2N2/c17-13-5-6-14(15(18)11-13)16(12-3-1-2-4-12)20-9-7-19-8-10-20/h5-6,11-12,16,19H,1-4,7-10H2/t16-/m0/s1. The third-order valence-corrected chi connectivity index (χ3v) is 4.67. The zero-order valence-electron chi connectivity index (χ0n) is 11.7. The molecular formula is C16H22F2N2. The highest BCUT2D eigenvalue weighted by Crippen LogP contribution is 2.40. The van der Waals surface area contributed by atoms with Crippen molar-refractivity contribution in [2.75, 3.05) is 26.2 Å². The van der Waals surface area contributed by atoms with E-state index in [1.807, 2.05) is 0 Å². The first kappa shape index (κ1) is 14.0. The van der Waals surface area contributed by atoms with Gasteiger partial charge in [-0.15, -0.1) is 0 Å². The van der Waals surface area contributed by atoms with Gasteiger partial charge in [0, 0.05) is 43.9 Å². The van der Waals surface area contributed by atoms with E-state index in [0.29, 0.717) is 11.5 Å². The Bertz CT molecular complexity index is 452. The molecule has 0 aromatic heterocycles. The van der Waals surface area contributed by atoms with Crippen molar-refractivity contribution in [2.24, 2.45) is 5.92 Å². The Morgan fingerprint density at radius 3 is 2.45 bits per heavy atom. The highest BCUT2D eigenvalue weighted by atomic mass is 19.1. The average molecular weight is 280 g/mol. The molecular weight excluding hydrogens is 258 g/mol. The molecule has 4 heteroatoms. The van der Waals surface area contributed by atoms with E-state index in [4.69, 9.17) is 0 Å². The SMILES string of the molecule is Fc1ccc([C@H](C2CCCC2)N2CCNCC2)c(F)c1. The summed E-state index contributed by atoms with van der Waals surface area (Å²) in [5, 5.41) is 3.34. The summed E-state index contributed by atoms with van der Waals surface area (Å²) >= 11 is 0. The smallest absolute Gasteiger partial charge is 0.130 e. The lowest BCUT2D eigenvalue weighted by atomic mass is 9.89. The Balaban J connectivity index is 1.90. The summed E-state index contributed by atoms with van der Waals surface area (Å²) in [6.07, 6.45) is 4.78. The van der Waals surface area contributed by atoms with Gasteiger partial charge in [0.15, 0.2) is 0 Å². The van der Waals surface area contributed by atoms with Crippen LogP contribution in [0.3, 0.4) is 0 Å². The Hall–Kier alpha value is -1.00. The molecule has 1 saturated carbocycles. The maximum atomic E-state index is 14.2. The maximum Gasteiger partial charge on any atom is 0.130 e.